The Morgan fingerprint density at radius 3 is 2.55 bits per heavy atom. The van der Waals surface area contributed by atoms with E-state index in [0.717, 1.165) is 43.8 Å². The van der Waals surface area contributed by atoms with E-state index >= 15 is 0 Å². The highest BCUT2D eigenvalue weighted by molar-refractivity contribution is 6.04. The fraction of sp³-hybridized carbons (Fsp3) is 0.393. The van der Waals surface area contributed by atoms with Crippen molar-refractivity contribution in [3.05, 3.63) is 65.9 Å². The van der Waals surface area contributed by atoms with Crippen molar-refractivity contribution >= 4 is 17.7 Å². The molecule has 0 spiro atoms. The fourth-order valence-corrected chi connectivity index (χ4v) is 4.54. The van der Waals surface area contributed by atoms with E-state index in [0.29, 0.717) is 36.8 Å². The molecule has 3 aromatic rings. The van der Waals surface area contributed by atoms with E-state index in [1.54, 1.807) is 43.0 Å². The van der Waals surface area contributed by atoms with Gasteiger partial charge in [-0.2, -0.15) is 18.3 Å². The van der Waals surface area contributed by atoms with Crippen LogP contribution in [0, 0.1) is 0 Å². The minimum absolute atomic E-state index is 0.0892. The number of hydrogen-bond acceptors (Lipinski definition) is 6. The van der Waals surface area contributed by atoms with E-state index in [-0.39, 0.29) is 17.7 Å². The van der Waals surface area contributed by atoms with Crippen LogP contribution < -0.4 is 15.4 Å². The number of benzene rings is 2. The number of alkyl halides is 3. The van der Waals surface area contributed by atoms with Crippen LogP contribution in [0.1, 0.15) is 35.7 Å². The lowest BCUT2D eigenvalue weighted by molar-refractivity contribution is -0.137. The molecule has 0 aliphatic carbocycles. The molecule has 0 bridgehead atoms. The molecule has 0 atom stereocenters. The summed E-state index contributed by atoms with van der Waals surface area (Å²) >= 11 is 0. The monoisotopic (exact) mass is 559 g/mol. The summed E-state index contributed by atoms with van der Waals surface area (Å²) in [6, 6.07) is 11.3. The third-order valence-corrected chi connectivity index (χ3v) is 6.64. The van der Waals surface area contributed by atoms with Crippen LogP contribution in [0.5, 0.6) is 5.75 Å². The van der Waals surface area contributed by atoms with Gasteiger partial charge in [0.2, 0.25) is 0 Å². The van der Waals surface area contributed by atoms with E-state index in [1.807, 2.05) is 6.07 Å². The SMILES string of the molecule is CCOC(=O)NC1CCN(CCOc2ccc(NC(=O)c3cccc(C(F)(F)F)c3)cc2-c2ccnn2C)CC1. The number of ether oxygens (including phenoxy) is 2. The van der Waals surface area contributed by atoms with Crippen molar-refractivity contribution in [3.8, 4) is 17.0 Å². The molecule has 0 radical (unpaired) electrons. The second-order valence-corrected chi connectivity index (χ2v) is 9.41. The summed E-state index contributed by atoms with van der Waals surface area (Å²) in [4.78, 5) is 26.6. The van der Waals surface area contributed by atoms with Crippen molar-refractivity contribution in [1.82, 2.24) is 20.0 Å². The lowest BCUT2D eigenvalue weighted by Gasteiger charge is -2.32. The highest BCUT2D eigenvalue weighted by atomic mass is 19.4. The molecular weight excluding hydrogens is 527 g/mol. The van der Waals surface area contributed by atoms with Gasteiger partial charge in [-0.15, -0.1) is 0 Å². The number of aryl methyl sites for hydroxylation is 1. The quantitative estimate of drug-likeness (QED) is 0.385. The van der Waals surface area contributed by atoms with Gasteiger partial charge in [-0.25, -0.2) is 4.79 Å². The van der Waals surface area contributed by atoms with Crippen molar-refractivity contribution in [2.24, 2.45) is 7.05 Å². The summed E-state index contributed by atoms with van der Waals surface area (Å²) in [6.07, 6.45) is -1.65. The first-order chi connectivity index (χ1) is 19.1. The highest BCUT2D eigenvalue weighted by Gasteiger charge is 2.31. The molecule has 1 aliphatic heterocycles. The summed E-state index contributed by atoms with van der Waals surface area (Å²) in [5.41, 5.74) is 0.842. The number of aromatic nitrogens is 2. The van der Waals surface area contributed by atoms with Crippen molar-refractivity contribution < 1.29 is 32.2 Å². The smallest absolute Gasteiger partial charge is 0.416 e. The van der Waals surface area contributed by atoms with Crippen LogP contribution >= 0.6 is 0 Å². The number of likely N-dealkylation sites (tertiary alicyclic amines) is 1. The highest BCUT2D eigenvalue weighted by Crippen LogP contribution is 2.33. The molecule has 2 heterocycles. The van der Waals surface area contributed by atoms with Gasteiger partial charge >= 0.3 is 12.3 Å². The van der Waals surface area contributed by atoms with Crippen LogP contribution in [0.25, 0.3) is 11.3 Å². The normalized spacial score (nSPS) is 14.5. The Kier molecular flexibility index (Phi) is 9.30. The zero-order valence-electron chi connectivity index (χ0n) is 22.3. The van der Waals surface area contributed by atoms with Crippen LogP contribution in [-0.2, 0) is 18.0 Å². The topological polar surface area (TPSA) is 97.7 Å². The predicted octanol–water partition coefficient (Wildman–Crippen LogP) is 4.95. The van der Waals surface area contributed by atoms with Crippen molar-refractivity contribution in [3.63, 3.8) is 0 Å². The molecule has 2 amide bonds. The minimum atomic E-state index is -4.54. The van der Waals surface area contributed by atoms with Crippen LogP contribution in [0.3, 0.4) is 0 Å². The van der Waals surface area contributed by atoms with E-state index in [4.69, 9.17) is 9.47 Å². The van der Waals surface area contributed by atoms with E-state index < -0.39 is 17.6 Å². The maximum atomic E-state index is 13.1. The lowest BCUT2D eigenvalue weighted by atomic mass is 10.1. The van der Waals surface area contributed by atoms with Crippen molar-refractivity contribution in [2.45, 2.75) is 32.0 Å². The van der Waals surface area contributed by atoms with Gasteiger partial charge in [-0.1, -0.05) is 6.07 Å². The Hall–Kier alpha value is -4.06. The predicted molar refractivity (Wildman–Crippen MR) is 143 cm³/mol. The largest absolute Gasteiger partial charge is 0.492 e. The van der Waals surface area contributed by atoms with Gasteiger partial charge < -0.3 is 20.1 Å². The number of hydrogen-bond donors (Lipinski definition) is 2. The number of amides is 2. The Morgan fingerprint density at radius 2 is 1.88 bits per heavy atom. The van der Waals surface area contributed by atoms with E-state index in [1.165, 1.54) is 12.1 Å². The molecule has 40 heavy (non-hydrogen) atoms. The van der Waals surface area contributed by atoms with E-state index in [2.05, 4.69) is 20.6 Å². The number of carbonyl (C=O) groups excluding carboxylic acids is 2. The lowest BCUT2D eigenvalue weighted by Crippen LogP contribution is -2.45. The number of piperidine rings is 1. The molecule has 1 aromatic heterocycles. The van der Waals surface area contributed by atoms with Crippen LogP contribution in [0.2, 0.25) is 0 Å². The van der Waals surface area contributed by atoms with Gasteiger partial charge in [0.1, 0.15) is 12.4 Å². The Bertz CT molecular complexity index is 1320. The van der Waals surface area contributed by atoms with Crippen molar-refractivity contribution in [2.75, 3.05) is 38.2 Å². The average molecular weight is 560 g/mol. The maximum Gasteiger partial charge on any atom is 0.416 e. The number of halogens is 3. The number of alkyl carbamates (subject to hydrolysis) is 1. The first kappa shape index (κ1) is 28.9. The fourth-order valence-electron chi connectivity index (χ4n) is 4.54. The number of carbonyl (C=O) groups is 2. The number of anilines is 1. The number of nitrogens with one attached hydrogen (secondary N) is 2. The zero-order chi connectivity index (χ0) is 28.7. The molecule has 2 aromatic carbocycles. The third kappa shape index (κ3) is 7.53. The van der Waals surface area contributed by atoms with E-state index in [9.17, 15) is 22.8 Å². The molecule has 2 N–H and O–H groups in total. The summed E-state index contributed by atoms with van der Waals surface area (Å²) < 4.78 is 52.0. The second kappa shape index (κ2) is 12.9. The molecule has 0 saturated carbocycles. The number of rotatable bonds is 9. The van der Waals surface area contributed by atoms with Gasteiger partial charge in [-0.05, 0) is 62.2 Å². The molecule has 0 unspecified atom stereocenters. The van der Waals surface area contributed by atoms with Crippen LogP contribution in [-0.4, -0.2) is 65.6 Å². The Balaban J connectivity index is 1.40. The molecule has 9 nitrogen and oxygen atoms in total. The first-order valence-electron chi connectivity index (χ1n) is 13.0. The van der Waals surface area contributed by atoms with Crippen LogP contribution in [0.4, 0.5) is 23.7 Å². The average Bonchev–Trinajstić information content (AvgIpc) is 3.35. The first-order valence-corrected chi connectivity index (χ1v) is 13.0. The molecule has 1 fully saturated rings. The standard InChI is InChI=1S/C28H32F3N5O4/c1-3-39-27(38)34-21-10-13-36(14-11-21)15-16-40-25-8-7-22(18-23(25)24-9-12-32-35(24)2)33-26(37)19-5-4-6-20(17-19)28(29,30)31/h4-9,12,17-18,21H,3,10-11,13-16H2,1-2H3,(H,33,37)(H,34,38). The van der Waals surface area contributed by atoms with Gasteiger partial charge in [0.25, 0.3) is 5.91 Å². The third-order valence-electron chi connectivity index (χ3n) is 6.64. The van der Waals surface area contributed by atoms with Crippen LogP contribution in [0.15, 0.2) is 54.7 Å². The summed E-state index contributed by atoms with van der Waals surface area (Å²) in [5.74, 6) is -0.0731. The molecule has 1 saturated heterocycles. The van der Waals surface area contributed by atoms with Crippen molar-refractivity contribution in [1.29, 1.82) is 0 Å². The summed E-state index contributed by atoms with van der Waals surface area (Å²) in [7, 11) is 1.78. The Morgan fingerprint density at radius 1 is 1.10 bits per heavy atom. The summed E-state index contributed by atoms with van der Waals surface area (Å²) in [5, 5.41) is 9.78. The van der Waals surface area contributed by atoms with Gasteiger partial charge in [0.15, 0.2) is 0 Å². The van der Waals surface area contributed by atoms with Gasteiger partial charge in [0.05, 0.1) is 17.9 Å². The second-order valence-electron chi connectivity index (χ2n) is 9.41. The molecule has 1 aliphatic rings. The Labute approximate surface area is 230 Å². The van der Waals surface area contributed by atoms with Gasteiger partial charge in [-0.3, -0.25) is 14.4 Å². The molecular formula is C28H32F3N5O4. The van der Waals surface area contributed by atoms with Gasteiger partial charge in [0, 0.05) is 55.7 Å². The number of nitrogens with zero attached hydrogens (tertiary/aromatic N) is 3. The maximum absolute atomic E-state index is 13.1. The molecule has 12 heteroatoms. The zero-order valence-corrected chi connectivity index (χ0v) is 22.3. The molecule has 214 valence electrons. The molecule has 4 rings (SSSR count). The minimum Gasteiger partial charge on any atom is -0.492 e. The summed E-state index contributed by atoms with van der Waals surface area (Å²) in [6.45, 7) is 4.84.